The SMILES string of the molecule is CN1CCN(Cc2cc(-c3ccc(F)cc3)ccc2OCC(=O)NCc2ccncc2)CC1. The summed E-state index contributed by atoms with van der Waals surface area (Å²) in [6.07, 6.45) is 3.40. The summed E-state index contributed by atoms with van der Waals surface area (Å²) in [6.45, 7) is 5.10. The number of nitrogens with one attached hydrogen (secondary N) is 1. The van der Waals surface area contributed by atoms with E-state index in [0.717, 1.165) is 55.0 Å². The normalized spacial score (nSPS) is 14.7. The summed E-state index contributed by atoms with van der Waals surface area (Å²) in [6, 6.07) is 16.1. The van der Waals surface area contributed by atoms with Gasteiger partial charge in [-0.1, -0.05) is 18.2 Å². The fourth-order valence-electron chi connectivity index (χ4n) is 3.81. The number of aromatic nitrogens is 1. The van der Waals surface area contributed by atoms with Crippen molar-refractivity contribution in [3.05, 3.63) is 83.9 Å². The lowest BCUT2D eigenvalue weighted by atomic mass is 10.0. The molecule has 7 heteroatoms. The fraction of sp³-hybridized carbons (Fsp3) is 0.308. The zero-order valence-corrected chi connectivity index (χ0v) is 18.8. The molecule has 0 saturated carbocycles. The molecule has 1 amide bonds. The molecule has 172 valence electrons. The predicted octanol–water partition coefficient (Wildman–Crippen LogP) is 3.33. The van der Waals surface area contributed by atoms with E-state index in [1.165, 1.54) is 12.1 Å². The summed E-state index contributed by atoms with van der Waals surface area (Å²) in [5.74, 6) is 0.257. The van der Waals surface area contributed by atoms with E-state index >= 15 is 0 Å². The number of nitrogens with zero attached hydrogens (tertiary/aromatic N) is 3. The van der Waals surface area contributed by atoms with Crippen molar-refractivity contribution in [2.75, 3.05) is 39.8 Å². The van der Waals surface area contributed by atoms with Gasteiger partial charge in [-0.25, -0.2) is 4.39 Å². The first-order chi connectivity index (χ1) is 16.1. The van der Waals surface area contributed by atoms with Crippen molar-refractivity contribution in [2.24, 2.45) is 0 Å². The lowest BCUT2D eigenvalue weighted by Crippen LogP contribution is -2.43. The monoisotopic (exact) mass is 448 g/mol. The van der Waals surface area contributed by atoms with Crippen LogP contribution in [0.1, 0.15) is 11.1 Å². The number of likely N-dealkylation sites (N-methyl/N-ethyl adjacent to an activating group) is 1. The van der Waals surface area contributed by atoms with E-state index in [-0.39, 0.29) is 18.3 Å². The van der Waals surface area contributed by atoms with Crippen molar-refractivity contribution in [3.8, 4) is 16.9 Å². The van der Waals surface area contributed by atoms with Crippen molar-refractivity contribution in [1.82, 2.24) is 20.1 Å². The van der Waals surface area contributed by atoms with Crippen LogP contribution < -0.4 is 10.1 Å². The maximum absolute atomic E-state index is 13.4. The summed E-state index contributed by atoms with van der Waals surface area (Å²) in [5.41, 5.74) is 3.94. The number of carbonyl (C=O) groups is 1. The molecule has 0 spiro atoms. The number of hydrogen-bond donors (Lipinski definition) is 1. The molecule has 0 atom stereocenters. The molecule has 33 heavy (non-hydrogen) atoms. The van der Waals surface area contributed by atoms with Crippen molar-refractivity contribution in [3.63, 3.8) is 0 Å². The lowest BCUT2D eigenvalue weighted by Gasteiger charge is -2.32. The van der Waals surface area contributed by atoms with E-state index in [4.69, 9.17) is 4.74 Å². The van der Waals surface area contributed by atoms with Gasteiger partial charge in [-0.05, 0) is 60.1 Å². The molecule has 1 saturated heterocycles. The fourth-order valence-corrected chi connectivity index (χ4v) is 3.81. The summed E-state index contributed by atoms with van der Waals surface area (Å²) in [5, 5.41) is 2.87. The molecule has 1 aliphatic rings. The molecule has 3 aromatic rings. The first kappa shape index (κ1) is 22.9. The number of benzene rings is 2. The van der Waals surface area contributed by atoms with Gasteiger partial charge in [0, 0.05) is 57.2 Å². The standard InChI is InChI=1S/C26H29FN4O2/c1-30-12-14-31(15-13-30)18-23-16-22(21-2-5-24(27)6-3-21)4-7-25(23)33-19-26(32)29-17-20-8-10-28-11-9-20/h2-11,16H,12-15,17-19H2,1H3,(H,29,32). The number of halogens is 1. The van der Waals surface area contributed by atoms with Crippen molar-refractivity contribution >= 4 is 5.91 Å². The van der Waals surface area contributed by atoms with Gasteiger partial charge in [0.25, 0.3) is 5.91 Å². The molecule has 0 unspecified atom stereocenters. The number of ether oxygens (including phenoxy) is 1. The molecule has 1 aliphatic heterocycles. The number of hydrogen-bond acceptors (Lipinski definition) is 5. The Labute approximate surface area is 194 Å². The molecule has 2 heterocycles. The van der Waals surface area contributed by atoms with Gasteiger partial charge in [-0.3, -0.25) is 14.7 Å². The van der Waals surface area contributed by atoms with Crippen LogP contribution in [0, 0.1) is 5.82 Å². The molecule has 0 bridgehead atoms. The Morgan fingerprint density at radius 3 is 2.42 bits per heavy atom. The van der Waals surface area contributed by atoms with E-state index in [2.05, 4.69) is 33.2 Å². The Morgan fingerprint density at radius 2 is 1.70 bits per heavy atom. The van der Waals surface area contributed by atoms with Crippen molar-refractivity contribution in [2.45, 2.75) is 13.1 Å². The molecule has 6 nitrogen and oxygen atoms in total. The van der Waals surface area contributed by atoms with Crippen LogP contribution in [0.25, 0.3) is 11.1 Å². The van der Waals surface area contributed by atoms with Crippen LogP contribution in [-0.4, -0.2) is 60.5 Å². The lowest BCUT2D eigenvalue weighted by molar-refractivity contribution is -0.123. The molecule has 0 radical (unpaired) electrons. The highest BCUT2D eigenvalue weighted by Crippen LogP contribution is 2.28. The first-order valence-corrected chi connectivity index (χ1v) is 11.1. The summed E-state index contributed by atoms with van der Waals surface area (Å²) < 4.78 is 19.3. The van der Waals surface area contributed by atoms with Crippen LogP contribution in [0.4, 0.5) is 4.39 Å². The third-order valence-electron chi connectivity index (χ3n) is 5.83. The molecular formula is C26H29FN4O2. The van der Waals surface area contributed by atoms with E-state index < -0.39 is 0 Å². The van der Waals surface area contributed by atoms with E-state index in [0.29, 0.717) is 12.3 Å². The van der Waals surface area contributed by atoms with Gasteiger partial charge in [-0.2, -0.15) is 0 Å². The van der Waals surface area contributed by atoms with Gasteiger partial charge in [0.1, 0.15) is 11.6 Å². The second-order valence-electron chi connectivity index (χ2n) is 8.33. The van der Waals surface area contributed by atoms with Crippen molar-refractivity contribution < 1.29 is 13.9 Å². The van der Waals surface area contributed by atoms with Crippen LogP contribution in [0.15, 0.2) is 67.0 Å². The van der Waals surface area contributed by atoms with Gasteiger partial charge in [0.15, 0.2) is 6.61 Å². The Hall–Kier alpha value is -3.29. The third-order valence-corrected chi connectivity index (χ3v) is 5.83. The smallest absolute Gasteiger partial charge is 0.258 e. The average Bonchev–Trinajstić information content (AvgIpc) is 2.84. The van der Waals surface area contributed by atoms with E-state index in [1.807, 2.05) is 24.3 Å². The highest BCUT2D eigenvalue weighted by atomic mass is 19.1. The van der Waals surface area contributed by atoms with Crippen LogP contribution in [0.3, 0.4) is 0 Å². The van der Waals surface area contributed by atoms with Gasteiger partial charge < -0.3 is 15.0 Å². The number of carbonyl (C=O) groups excluding carboxylic acids is 1. The van der Waals surface area contributed by atoms with E-state index in [9.17, 15) is 9.18 Å². The predicted molar refractivity (Wildman–Crippen MR) is 126 cm³/mol. The van der Waals surface area contributed by atoms with Crippen LogP contribution in [-0.2, 0) is 17.9 Å². The topological polar surface area (TPSA) is 57.7 Å². The van der Waals surface area contributed by atoms with Gasteiger partial charge in [-0.15, -0.1) is 0 Å². The first-order valence-electron chi connectivity index (χ1n) is 11.1. The number of piperazine rings is 1. The molecular weight excluding hydrogens is 419 g/mol. The molecule has 4 rings (SSSR count). The quantitative estimate of drug-likeness (QED) is 0.573. The molecule has 2 aromatic carbocycles. The Balaban J connectivity index is 1.45. The largest absolute Gasteiger partial charge is 0.483 e. The third kappa shape index (κ3) is 6.60. The van der Waals surface area contributed by atoms with E-state index in [1.54, 1.807) is 24.5 Å². The maximum Gasteiger partial charge on any atom is 0.258 e. The van der Waals surface area contributed by atoms with Gasteiger partial charge in [0.2, 0.25) is 0 Å². The molecule has 1 fully saturated rings. The van der Waals surface area contributed by atoms with Crippen LogP contribution >= 0.6 is 0 Å². The zero-order chi connectivity index (χ0) is 23.0. The molecule has 0 aliphatic carbocycles. The number of amides is 1. The Kier molecular flexibility index (Phi) is 7.65. The van der Waals surface area contributed by atoms with Crippen molar-refractivity contribution in [1.29, 1.82) is 0 Å². The minimum Gasteiger partial charge on any atom is -0.483 e. The highest BCUT2D eigenvalue weighted by molar-refractivity contribution is 5.77. The second-order valence-corrected chi connectivity index (χ2v) is 8.33. The highest BCUT2D eigenvalue weighted by Gasteiger charge is 2.17. The number of rotatable bonds is 8. The minimum absolute atomic E-state index is 0.0588. The average molecular weight is 449 g/mol. The number of pyridine rings is 1. The molecule has 1 aromatic heterocycles. The summed E-state index contributed by atoms with van der Waals surface area (Å²) in [4.78, 5) is 21.0. The summed E-state index contributed by atoms with van der Waals surface area (Å²) in [7, 11) is 2.13. The second kappa shape index (κ2) is 11.0. The Bertz CT molecular complexity index is 1050. The van der Waals surface area contributed by atoms with Gasteiger partial charge >= 0.3 is 0 Å². The Morgan fingerprint density at radius 1 is 1.00 bits per heavy atom. The summed E-state index contributed by atoms with van der Waals surface area (Å²) >= 11 is 0. The maximum atomic E-state index is 13.4. The van der Waals surface area contributed by atoms with Gasteiger partial charge in [0.05, 0.1) is 0 Å². The molecule has 1 N–H and O–H groups in total. The van der Waals surface area contributed by atoms with Crippen LogP contribution in [0.2, 0.25) is 0 Å². The minimum atomic E-state index is -0.255. The van der Waals surface area contributed by atoms with Crippen LogP contribution in [0.5, 0.6) is 5.75 Å². The zero-order valence-electron chi connectivity index (χ0n) is 18.8.